The fraction of sp³-hybridized carbons (Fsp3) is 0.400. The molecule has 0 spiro atoms. The maximum atomic E-state index is 14.4. The maximum Gasteiger partial charge on any atom is 0.246 e. The number of sulfonamides is 1. The predicted molar refractivity (Wildman–Crippen MR) is 105 cm³/mol. The third-order valence-electron chi connectivity index (χ3n) is 5.17. The number of benzene rings is 2. The third-order valence-corrected chi connectivity index (χ3v) is 7.05. The van der Waals surface area contributed by atoms with E-state index in [-0.39, 0.29) is 30.3 Å². The van der Waals surface area contributed by atoms with Gasteiger partial charge in [0.1, 0.15) is 10.7 Å². The van der Waals surface area contributed by atoms with Crippen LogP contribution in [-0.4, -0.2) is 42.1 Å². The molecule has 0 aliphatic carbocycles. The number of aliphatic hydroxyl groups is 2. The SMILES string of the molecule is CC1CN(S(=O)(=O)c2cc(C(O)Nc3ccc(F)c(F)c3)ccc2F)CCCC1O. The van der Waals surface area contributed by atoms with Gasteiger partial charge in [-0.3, -0.25) is 0 Å². The van der Waals surface area contributed by atoms with Gasteiger partial charge in [-0.05, 0) is 43.0 Å². The van der Waals surface area contributed by atoms with E-state index in [4.69, 9.17) is 0 Å². The molecule has 0 saturated carbocycles. The second-order valence-electron chi connectivity index (χ2n) is 7.42. The number of halogens is 3. The summed E-state index contributed by atoms with van der Waals surface area (Å²) in [7, 11) is -4.21. The van der Waals surface area contributed by atoms with Gasteiger partial charge in [-0.15, -0.1) is 0 Å². The molecule has 10 heteroatoms. The molecule has 1 saturated heterocycles. The average molecular weight is 444 g/mol. The van der Waals surface area contributed by atoms with Crippen LogP contribution in [0.3, 0.4) is 0 Å². The summed E-state index contributed by atoms with van der Waals surface area (Å²) < 4.78 is 68.0. The zero-order valence-electron chi connectivity index (χ0n) is 16.2. The lowest BCUT2D eigenvalue weighted by molar-refractivity contribution is 0.111. The van der Waals surface area contributed by atoms with Gasteiger partial charge in [0.2, 0.25) is 10.0 Å². The number of anilines is 1. The summed E-state index contributed by atoms with van der Waals surface area (Å²) in [6.07, 6.45) is -1.24. The maximum absolute atomic E-state index is 14.4. The van der Waals surface area contributed by atoms with Crippen LogP contribution in [0, 0.1) is 23.4 Å². The van der Waals surface area contributed by atoms with Crippen molar-refractivity contribution >= 4 is 15.7 Å². The lowest BCUT2D eigenvalue weighted by atomic mass is 10.0. The van der Waals surface area contributed by atoms with Crippen LogP contribution in [0.5, 0.6) is 0 Å². The van der Waals surface area contributed by atoms with Gasteiger partial charge in [-0.2, -0.15) is 4.31 Å². The Labute approximate surface area is 173 Å². The van der Waals surface area contributed by atoms with Gasteiger partial charge >= 0.3 is 0 Å². The van der Waals surface area contributed by atoms with Crippen molar-refractivity contribution in [1.29, 1.82) is 0 Å². The van der Waals surface area contributed by atoms with Crippen molar-refractivity contribution in [2.75, 3.05) is 18.4 Å². The fourth-order valence-corrected chi connectivity index (χ4v) is 5.05. The molecule has 6 nitrogen and oxygen atoms in total. The van der Waals surface area contributed by atoms with E-state index in [0.29, 0.717) is 12.8 Å². The Kier molecular flexibility index (Phi) is 6.71. The van der Waals surface area contributed by atoms with Gasteiger partial charge in [0.25, 0.3) is 0 Å². The van der Waals surface area contributed by atoms with E-state index in [1.807, 2.05) is 0 Å². The highest BCUT2D eigenvalue weighted by Gasteiger charge is 2.33. The minimum absolute atomic E-state index is 0.0302. The molecule has 164 valence electrons. The summed E-state index contributed by atoms with van der Waals surface area (Å²) in [6.45, 7) is 1.91. The van der Waals surface area contributed by atoms with E-state index in [0.717, 1.165) is 28.6 Å². The molecule has 0 aromatic heterocycles. The van der Waals surface area contributed by atoms with Crippen LogP contribution in [0.25, 0.3) is 0 Å². The number of aliphatic hydroxyl groups excluding tert-OH is 2. The Morgan fingerprint density at radius 2 is 1.80 bits per heavy atom. The molecule has 3 N–H and O–H groups in total. The molecule has 3 unspecified atom stereocenters. The zero-order chi connectivity index (χ0) is 22.1. The number of nitrogens with zero attached hydrogens (tertiary/aromatic N) is 1. The molecule has 1 aliphatic heterocycles. The normalized spacial score (nSPS) is 21.8. The molecule has 3 atom stereocenters. The van der Waals surface area contributed by atoms with Crippen molar-refractivity contribution in [3.05, 3.63) is 59.4 Å². The van der Waals surface area contributed by atoms with E-state index < -0.39 is 44.7 Å². The molecule has 0 radical (unpaired) electrons. The highest BCUT2D eigenvalue weighted by molar-refractivity contribution is 7.89. The molecule has 30 heavy (non-hydrogen) atoms. The van der Waals surface area contributed by atoms with Crippen LogP contribution in [0.2, 0.25) is 0 Å². The first-order valence-corrected chi connectivity index (χ1v) is 10.9. The Balaban J connectivity index is 1.87. The van der Waals surface area contributed by atoms with Crippen LogP contribution >= 0.6 is 0 Å². The largest absolute Gasteiger partial charge is 0.393 e. The van der Waals surface area contributed by atoms with Gasteiger partial charge in [-0.1, -0.05) is 13.0 Å². The quantitative estimate of drug-likeness (QED) is 0.617. The van der Waals surface area contributed by atoms with E-state index in [9.17, 15) is 31.8 Å². The molecule has 2 aromatic rings. The Morgan fingerprint density at radius 3 is 2.50 bits per heavy atom. The Morgan fingerprint density at radius 1 is 1.10 bits per heavy atom. The molecule has 0 amide bonds. The molecule has 3 rings (SSSR count). The van der Waals surface area contributed by atoms with Gasteiger partial charge in [-0.25, -0.2) is 21.6 Å². The van der Waals surface area contributed by atoms with Crippen LogP contribution in [0.15, 0.2) is 41.3 Å². The topological polar surface area (TPSA) is 89.9 Å². The first-order chi connectivity index (χ1) is 14.1. The smallest absolute Gasteiger partial charge is 0.246 e. The van der Waals surface area contributed by atoms with Crippen LogP contribution in [0.1, 0.15) is 31.6 Å². The van der Waals surface area contributed by atoms with Crippen molar-refractivity contribution in [3.8, 4) is 0 Å². The number of hydrogen-bond acceptors (Lipinski definition) is 5. The van der Waals surface area contributed by atoms with Gasteiger partial charge in [0, 0.05) is 30.4 Å². The standard InChI is InChI=1S/C20H23F3N2O4S/c1-12-11-25(8-2-3-18(12)26)30(28,29)19-9-13(4-6-16(19)22)20(27)24-14-5-7-15(21)17(23)10-14/h4-7,9-10,12,18,20,24,26-27H,2-3,8,11H2,1H3. The molecule has 1 aliphatic rings. The highest BCUT2D eigenvalue weighted by atomic mass is 32.2. The summed E-state index contributed by atoms with van der Waals surface area (Å²) in [6, 6.07) is 6.04. The Hall–Kier alpha value is -2.14. The fourth-order valence-electron chi connectivity index (χ4n) is 3.37. The van der Waals surface area contributed by atoms with Gasteiger partial charge in [0.15, 0.2) is 17.9 Å². The van der Waals surface area contributed by atoms with E-state index in [1.165, 1.54) is 12.1 Å². The molecule has 0 bridgehead atoms. The predicted octanol–water partition coefficient (Wildman–Crippen LogP) is 2.99. The first kappa shape index (κ1) is 22.5. The molecular formula is C20H23F3N2O4S. The average Bonchev–Trinajstić information content (AvgIpc) is 2.86. The van der Waals surface area contributed by atoms with Gasteiger partial charge < -0.3 is 15.5 Å². The summed E-state index contributed by atoms with van der Waals surface area (Å²) >= 11 is 0. The van der Waals surface area contributed by atoms with Crippen molar-refractivity contribution in [1.82, 2.24) is 4.31 Å². The lowest BCUT2D eigenvalue weighted by Gasteiger charge is -2.24. The third kappa shape index (κ3) is 4.77. The van der Waals surface area contributed by atoms with Gasteiger partial charge in [0.05, 0.1) is 6.10 Å². The summed E-state index contributed by atoms with van der Waals surface area (Å²) in [5.74, 6) is -3.46. The second-order valence-corrected chi connectivity index (χ2v) is 9.32. The van der Waals surface area contributed by atoms with E-state index in [1.54, 1.807) is 6.92 Å². The van der Waals surface area contributed by atoms with Crippen molar-refractivity contribution in [3.63, 3.8) is 0 Å². The Bertz CT molecular complexity index is 1020. The second kappa shape index (κ2) is 8.93. The minimum Gasteiger partial charge on any atom is -0.393 e. The summed E-state index contributed by atoms with van der Waals surface area (Å²) in [5.41, 5.74) is 0.0908. The van der Waals surface area contributed by atoms with Crippen LogP contribution < -0.4 is 5.32 Å². The highest BCUT2D eigenvalue weighted by Crippen LogP contribution is 2.28. The van der Waals surface area contributed by atoms with Crippen molar-refractivity contribution in [2.24, 2.45) is 5.92 Å². The molecule has 2 aromatic carbocycles. The molecular weight excluding hydrogens is 421 g/mol. The first-order valence-electron chi connectivity index (χ1n) is 9.47. The van der Waals surface area contributed by atoms with Crippen molar-refractivity contribution in [2.45, 2.75) is 37.0 Å². The van der Waals surface area contributed by atoms with E-state index >= 15 is 0 Å². The monoisotopic (exact) mass is 444 g/mol. The lowest BCUT2D eigenvalue weighted by Crippen LogP contribution is -2.36. The number of rotatable bonds is 5. The summed E-state index contributed by atoms with van der Waals surface area (Å²) in [4.78, 5) is -0.602. The molecule has 1 heterocycles. The van der Waals surface area contributed by atoms with E-state index in [2.05, 4.69) is 5.32 Å². The zero-order valence-corrected chi connectivity index (χ0v) is 17.0. The van der Waals surface area contributed by atoms with Crippen molar-refractivity contribution < 1.29 is 31.8 Å². The molecule has 1 fully saturated rings. The number of hydrogen-bond donors (Lipinski definition) is 3. The van der Waals surface area contributed by atoms with Crippen LogP contribution in [-0.2, 0) is 10.0 Å². The minimum atomic E-state index is -4.21. The summed E-state index contributed by atoms with van der Waals surface area (Å²) in [5, 5.41) is 22.8. The number of nitrogens with one attached hydrogen (secondary N) is 1. The van der Waals surface area contributed by atoms with Crippen LogP contribution in [0.4, 0.5) is 18.9 Å².